The highest BCUT2D eigenvalue weighted by atomic mass is 16.5. The zero-order valence-corrected chi connectivity index (χ0v) is 8.79. The van der Waals surface area contributed by atoms with E-state index in [9.17, 15) is 0 Å². The van der Waals surface area contributed by atoms with E-state index in [4.69, 9.17) is 10.5 Å². The van der Waals surface area contributed by atoms with Crippen molar-refractivity contribution in [3.63, 3.8) is 0 Å². The van der Waals surface area contributed by atoms with Crippen LogP contribution < -0.4 is 10.5 Å². The first-order valence-electron chi connectivity index (χ1n) is 5.20. The molecule has 0 aliphatic carbocycles. The molecule has 0 unspecified atom stereocenters. The van der Waals surface area contributed by atoms with Crippen LogP contribution in [0.2, 0.25) is 0 Å². The lowest BCUT2D eigenvalue weighted by Crippen LogP contribution is -2.20. The van der Waals surface area contributed by atoms with Gasteiger partial charge in [0.25, 0.3) is 0 Å². The van der Waals surface area contributed by atoms with Crippen molar-refractivity contribution in [1.29, 1.82) is 0 Å². The van der Waals surface area contributed by atoms with Crippen molar-refractivity contribution >= 4 is 0 Å². The molecule has 2 N–H and O–H groups in total. The number of rotatable bonds is 1. The van der Waals surface area contributed by atoms with E-state index in [0.29, 0.717) is 5.92 Å². The van der Waals surface area contributed by atoms with E-state index in [2.05, 4.69) is 32.0 Å². The van der Waals surface area contributed by atoms with Gasteiger partial charge >= 0.3 is 0 Å². The molecule has 2 heteroatoms. The molecule has 1 atom stereocenters. The average Bonchev–Trinajstić information content (AvgIpc) is 2.17. The molecular weight excluding hydrogens is 174 g/mol. The summed E-state index contributed by atoms with van der Waals surface area (Å²) in [6, 6.07) is 6.53. The van der Waals surface area contributed by atoms with Gasteiger partial charge in [0.1, 0.15) is 5.75 Å². The monoisotopic (exact) mass is 191 g/mol. The predicted octanol–water partition coefficient (Wildman–Crippen LogP) is 2.59. The Morgan fingerprint density at radius 2 is 2.21 bits per heavy atom. The number of fused-ring (bicyclic) bond motifs is 1. The summed E-state index contributed by atoms with van der Waals surface area (Å²) in [7, 11) is 0. The molecule has 0 saturated carbocycles. The largest absolute Gasteiger partial charge is 0.493 e. The lowest BCUT2D eigenvalue weighted by molar-refractivity contribution is 0.268. The van der Waals surface area contributed by atoms with Crippen LogP contribution in [-0.4, -0.2) is 6.61 Å². The normalized spacial score (nSPS) is 20.4. The summed E-state index contributed by atoms with van der Waals surface area (Å²) in [5, 5.41) is 0. The van der Waals surface area contributed by atoms with Gasteiger partial charge in [-0.2, -0.15) is 0 Å². The number of hydrogen-bond acceptors (Lipinski definition) is 2. The highest BCUT2D eigenvalue weighted by molar-refractivity contribution is 5.41. The maximum absolute atomic E-state index is 5.99. The number of ether oxygens (including phenoxy) is 1. The fraction of sp³-hybridized carbons (Fsp3) is 0.500. The lowest BCUT2D eigenvalue weighted by atomic mass is 9.96. The molecule has 1 aliphatic rings. The molecule has 0 fully saturated rings. The molecule has 0 bridgehead atoms. The van der Waals surface area contributed by atoms with Crippen molar-refractivity contribution in [1.82, 2.24) is 0 Å². The third kappa shape index (κ3) is 1.62. The van der Waals surface area contributed by atoms with Gasteiger partial charge in [0, 0.05) is 18.0 Å². The third-order valence-corrected chi connectivity index (χ3v) is 2.79. The van der Waals surface area contributed by atoms with E-state index in [1.54, 1.807) is 0 Å². The minimum absolute atomic E-state index is 0.153. The Labute approximate surface area is 85.1 Å². The Balaban J connectivity index is 2.39. The minimum atomic E-state index is 0.153. The molecule has 2 nitrogen and oxygen atoms in total. The molecule has 1 aromatic rings. The van der Waals surface area contributed by atoms with Gasteiger partial charge in [0.05, 0.1) is 6.61 Å². The first-order valence-corrected chi connectivity index (χ1v) is 5.20. The van der Waals surface area contributed by atoms with Gasteiger partial charge in [-0.25, -0.2) is 0 Å². The van der Waals surface area contributed by atoms with Crippen LogP contribution in [0.15, 0.2) is 18.2 Å². The Kier molecular flexibility index (Phi) is 2.46. The van der Waals surface area contributed by atoms with Crippen LogP contribution in [0.3, 0.4) is 0 Å². The molecule has 76 valence electrons. The average molecular weight is 191 g/mol. The van der Waals surface area contributed by atoms with Gasteiger partial charge in [-0.3, -0.25) is 0 Å². The van der Waals surface area contributed by atoms with Crippen molar-refractivity contribution in [2.24, 2.45) is 5.73 Å². The first-order chi connectivity index (χ1) is 6.68. The zero-order chi connectivity index (χ0) is 10.1. The van der Waals surface area contributed by atoms with Gasteiger partial charge < -0.3 is 10.5 Å². The highest BCUT2D eigenvalue weighted by Crippen LogP contribution is 2.32. The van der Waals surface area contributed by atoms with Gasteiger partial charge in [-0.05, 0) is 17.5 Å². The molecule has 1 aromatic carbocycles. The summed E-state index contributed by atoms with van der Waals surface area (Å²) in [5.41, 5.74) is 8.46. The van der Waals surface area contributed by atoms with Crippen LogP contribution in [0.25, 0.3) is 0 Å². The number of nitrogens with two attached hydrogens (primary N) is 1. The van der Waals surface area contributed by atoms with Crippen LogP contribution in [0.4, 0.5) is 0 Å². The van der Waals surface area contributed by atoms with Gasteiger partial charge in [0.2, 0.25) is 0 Å². The minimum Gasteiger partial charge on any atom is -0.493 e. The second-order valence-electron chi connectivity index (χ2n) is 4.20. The highest BCUT2D eigenvalue weighted by Gasteiger charge is 2.18. The van der Waals surface area contributed by atoms with Crippen LogP contribution >= 0.6 is 0 Å². The molecule has 0 amide bonds. The van der Waals surface area contributed by atoms with Crippen molar-refractivity contribution in [2.75, 3.05) is 6.61 Å². The van der Waals surface area contributed by atoms with Crippen molar-refractivity contribution in [3.05, 3.63) is 29.3 Å². The van der Waals surface area contributed by atoms with E-state index >= 15 is 0 Å². The second kappa shape index (κ2) is 3.62. The molecule has 0 radical (unpaired) electrons. The fourth-order valence-electron chi connectivity index (χ4n) is 1.79. The van der Waals surface area contributed by atoms with E-state index in [-0.39, 0.29) is 6.04 Å². The summed E-state index contributed by atoms with van der Waals surface area (Å²) in [5.74, 6) is 1.53. The molecule has 14 heavy (non-hydrogen) atoms. The molecule has 0 aromatic heterocycles. The Bertz CT molecular complexity index is 333. The van der Waals surface area contributed by atoms with Crippen molar-refractivity contribution < 1.29 is 4.74 Å². The fourth-order valence-corrected chi connectivity index (χ4v) is 1.79. The van der Waals surface area contributed by atoms with E-state index < -0.39 is 0 Å². The standard InChI is InChI=1S/C12H17NO/c1-8(2)9-3-4-10-11(13)5-6-14-12(10)7-9/h3-4,7-8,11H,5-6,13H2,1-2H3/t11-/m0/s1. The lowest BCUT2D eigenvalue weighted by Gasteiger charge is -2.23. The Hall–Kier alpha value is -1.02. The third-order valence-electron chi connectivity index (χ3n) is 2.79. The SMILES string of the molecule is CC(C)c1ccc2c(c1)OCC[C@@H]2N. The second-order valence-corrected chi connectivity index (χ2v) is 4.20. The zero-order valence-electron chi connectivity index (χ0n) is 8.79. The molecule has 0 saturated heterocycles. The van der Waals surface area contributed by atoms with Crippen molar-refractivity contribution in [2.45, 2.75) is 32.2 Å². The topological polar surface area (TPSA) is 35.2 Å². The molecule has 0 spiro atoms. The summed E-state index contributed by atoms with van der Waals surface area (Å²) in [6.07, 6.45) is 0.925. The predicted molar refractivity (Wildman–Crippen MR) is 57.6 cm³/mol. The molecule has 1 aliphatic heterocycles. The van der Waals surface area contributed by atoms with E-state index in [0.717, 1.165) is 24.3 Å². The molecule has 1 heterocycles. The maximum Gasteiger partial charge on any atom is 0.124 e. The summed E-state index contributed by atoms with van der Waals surface area (Å²) >= 11 is 0. The van der Waals surface area contributed by atoms with Crippen LogP contribution in [-0.2, 0) is 0 Å². The quantitative estimate of drug-likeness (QED) is 0.740. The van der Waals surface area contributed by atoms with Gasteiger partial charge in [0.15, 0.2) is 0 Å². The van der Waals surface area contributed by atoms with Crippen LogP contribution in [0.1, 0.15) is 43.4 Å². The summed E-state index contributed by atoms with van der Waals surface area (Å²) in [4.78, 5) is 0. The summed E-state index contributed by atoms with van der Waals surface area (Å²) in [6.45, 7) is 5.12. The molecular formula is C12H17NO. The smallest absolute Gasteiger partial charge is 0.124 e. The van der Waals surface area contributed by atoms with Gasteiger partial charge in [-0.15, -0.1) is 0 Å². The van der Waals surface area contributed by atoms with Crippen LogP contribution in [0, 0.1) is 0 Å². The van der Waals surface area contributed by atoms with Gasteiger partial charge in [-0.1, -0.05) is 26.0 Å². The number of hydrogen-bond donors (Lipinski definition) is 1. The van der Waals surface area contributed by atoms with E-state index in [1.807, 2.05) is 0 Å². The van der Waals surface area contributed by atoms with E-state index in [1.165, 1.54) is 5.56 Å². The Morgan fingerprint density at radius 1 is 1.43 bits per heavy atom. The number of benzene rings is 1. The van der Waals surface area contributed by atoms with Crippen LogP contribution in [0.5, 0.6) is 5.75 Å². The summed E-state index contributed by atoms with van der Waals surface area (Å²) < 4.78 is 5.60. The Morgan fingerprint density at radius 3 is 2.93 bits per heavy atom. The van der Waals surface area contributed by atoms with Crippen molar-refractivity contribution in [3.8, 4) is 5.75 Å². The first kappa shape index (κ1) is 9.53. The maximum atomic E-state index is 5.99. The molecule has 2 rings (SSSR count).